The molecule has 136 valence electrons. The number of amides is 2. The van der Waals surface area contributed by atoms with Crippen molar-refractivity contribution < 1.29 is 9.59 Å². The topological polar surface area (TPSA) is 84.2 Å². The Morgan fingerprint density at radius 1 is 1.29 bits per heavy atom. The lowest BCUT2D eigenvalue weighted by Gasteiger charge is -2.24. The molecule has 2 amide bonds. The number of rotatable bonds is 6. The molecule has 1 rings (SSSR count). The third-order valence-corrected chi connectivity index (χ3v) is 4.15. The molecule has 0 saturated carbocycles. The van der Waals surface area contributed by atoms with Crippen molar-refractivity contribution in [3.05, 3.63) is 28.8 Å². The van der Waals surface area contributed by atoms with Crippen LogP contribution in [0.2, 0.25) is 5.02 Å². The molecule has 1 atom stereocenters. The van der Waals surface area contributed by atoms with E-state index in [1.54, 1.807) is 18.2 Å². The highest BCUT2D eigenvalue weighted by Gasteiger charge is 2.21. The second kappa shape index (κ2) is 9.25. The highest BCUT2D eigenvalue weighted by atomic mass is 35.5. The number of nitrogens with one attached hydrogen (secondary N) is 2. The summed E-state index contributed by atoms with van der Waals surface area (Å²) in [6.07, 6.45) is 0.803. The third-order valence-electron chi connectivity index (χ3n) is 3.84. The fraction of sp³-hybridized carbons (Fsp3) is 0.529. The molecule has 0 bridgehead atoms. The fourth-order valence-corrected chi connectivity index (χ4v) is 2.03. The zero-order chi connectivity index (χ0) is 17.8. The van der Waals surface area contributed by atoms with Gasteiger partial charge in [0, 0.05) is 11.2 Å². The van der Waals surface area contributed by atoms with Gasteiger partial charge >= 0.3 is 0 Å². The van der Waals surface area contributed by atoms with E-state index in [9.17, 15) is 9.59 Å². The van der Waals surface area contributed by atoms with Crippen molar-refractivity contribution in [1.29, 1.82) is 0 Å². The Hall–Kier alpha value is -1.30. The largest absolute Gasteiger partial charge is 0.347 e. The molecule has 0 unspecified atom stereocenters. The van der Waals surface area contributed by atoms with Crippen LogP contribution in [-0.2, 0) is 4.79 Å². The van der Waals surface area contributed by atoms with Crippen molar-refractivity contribution in [2.24, 2.45) is 11.7 Å². The third kappa shape index (κ3) is 6.30. The van der Waals surface area contributed by atoms with Gasteiger partial charge < -0.3 is 16.4 Å². The minimum absolute atomic E-state index is 0. The molecule has 0 spiro atoms. The van der Waals surface area contributed by atoms with Gasteiger partial charge in [0.15, 0.2) is 0 Å². The van der Waals surface area contributed by atoms with Gasteiger partial charge in [-0.15, -0.1) is 12.4 Å². The normalized spacial score (nSPS) is 12.3. The maximum atomic E-state index is 12.3. The van der Waals surface area contributed by atoms with Gasteiger partial charge in [-0.25, -0.2) is 0 Å². The molecule has 0 aliphatic carbocycles. The number of anilines is 1. The lowest BCUT2D eigenvalue weighted by molar-refractivity contribution is -0.118. The van der Waals surface area contributed by atoms with Gasteiger partial charge in [-0.05, 0) is 44.4 Å². The van der Waals surface area contributed by atoms with Crippen molar-refractivity contribution in [3.8, 4) is 0 Å². The molecule has 7 heteroatoms. The number of hydrogen-bond donors (Lipinski definition) is 3. The van der Waals surface area contributed by atoms with Crippen LogP contribution in [0.5, 0.6) is 0 Å². The maximum absolute atomic E-state index is 12.3. The summed E-state index contributed by atoms with van der Waals surface area (Å²) < 4.78 is 0. The van der Waals surface area contributed by atoms with E-state index >= 15 is 0 Å². The molecule has 0 aromatic heterocycles. The van der Waals surface area contributed by atoms with Gasteiger partial charge in [0.2, 0.25) is 5.91 Å². The van der Waals surface area contributed by atoms with Crippen molar-refractivity contribution in [3.63, 3.8) is 0 Å². The van der Waals surface area contributed by atoms with E-state index in [0.717, 1.165) is 6.42 Å². The Morgan fingerprint density at radius 2 is 1.88 bits per heavy atom. The van der Waals surface area contributed by atoms with Gasteiger partial charge in [-0.3, -0.25) is 9.59 Å². The molecule has 0 aliphatic rings. The van der Waals surface area contributed by atoms with E-state index < -0.39 is 6.04 Å². The minimum Gasteiger partial charge on any atom is -0.347 e. The van der Waals surface area contributed by atoms with Crippen LogP contribution in [-0.4, -0.2) is 23.4 Å². The molecule has 0 aliphatic heterocycles. The molecule has 0 saturated heterocycles. The molecular formula is C17H27Cl2N3O2. The Balaban J connectivity index is 0.00000529. The number of carbonyl (C=O) groups is 2. The zero-order valence-corrected chi connectivity index (χ0v) is 16.3. The molecular weight excluding hydrogens is 349 g/mol. The summed E-state index contributed by atoms with van der Waals surface area (Å²) in [6.45, 7) is 9.64. The lowest BCUT2D eigenvalue weighted by atomic mass is 10.0. The molecule has 0 fully saturated rings. The first-order valence-corrected chi connectivity index (χ1v) is 8.13. The van der Waals surface area contributed by atoms with Crippen LogP contribution >= 0.6 is 24.0 Å². The smallest absolute Gasteiger partial charge is 0.253 e. The van der Waals surface area contributed by atoms with Crippen LogP contribution in [0.3, 0.4) is 0 Å². The summed E-state index contributed by atoms with van der Waals surface area (Å²) in [5, 5.41) is 5.92. The van der Waals surface area contributed by atoms with E-state index in [-0.39, 0.29) is 40.7 Å². The van der Waals surface area contributed by atoms with Gasteiger partial charge in [-0.1, -0.05) is 32.4 Å². The molecule has 24 heavy (non-hydrogen) atoms. The Bertz CT molecular complexity index is 589. The summed E-state index contributed by atoms with van der Waals surface area (Å²) in [4.78, 5) is 24.2. The molecule has 1 aromatic carbocycles. The van der Waals surface area contributed by atoms with Crippen LogP contribution in [0.1, 0.15) is 51.4 Å². The highest BCUT2D eigenvalue weighted by Crippen LogP contribution is 2.22. The number of halogens is 2. The summed E-state index contributed by atoms with van der Waals surface area (Å²) in [7, 11) is 0. The average molecular weight is 376 g/mol. The molecule has 5 nitrogen and oxygen atoms in total. The van der Waals surface area contributed by atoms with Crippen molar-refractivity contribution >= 4 is 41.5 Å². The first kappa shape index (κ1) is 22.7. The van der Waals surface area contributed by atoms with Crippen LogP contribution in [0.4, 0.5) is 5.69 Å². The Morgan fingerprint density at radius 3 is 2.33 bits per heavy atom. The van der Waals surface area contributed by atoms with E-state index in [4.69, 9.17) is 17.3 Å². The summed E-state index contributed by atoms with van der Waals surface area (Å²) in [6, 6.07) is 4.20. The summed E-state index contributed by atoms with van der Waals surface area (Å²) >= 11 is 6.18. The number of carbonyl (C=O) groups excluding carboxylic acids is 2. The monoisotopic (exact) mass is 375 g/mol. The summed E-state index contributed by atoms with van der Waals surface area (Å²) in [5.41, 5.74) is 6.38. The summed E-state index contributed by atoms with van der Waals surface area (Å²) in [5.74, 6) is -0.481. The standard InChI is InChI=1S/C17H26ClN3O2.ClH/c1-6-17(4,5)21-15(22)12-8-7-11(9-13(12)18)20-16(23)14(19)10(2)3;/h7-10,14H,6,19H2,1-5H3,(H,20,23)(H,21,22);1H/t14-;/m0./s1. The predicted octanol–water partition coefficient (Wildman–Crippen LogP) is 3.60. The second-order valence-electron chi connectivity index (χ2n) is 6.65. The van der Waals surface area contributed by atoms with Crippen LogP contribution in [0, 0.1) is 5.92 Å². The van der Waals surface area contributed by atoms with Crippen LogP contribution < -0.4 is 16.4 Å². The minimum atomic E-state index is -0.595. The van der Waals surface area contributed by atoms with Gasteiger partial charge in [0.05, 0.1) is 16.6 Å². The number of benzene rings is 1. The van der Waals surface area contributed by atoms with Crippen LogP contribution in [0.25, 0.3) is 0 Å². The zero-order valence-electron chi connectivity index (χ0n) is 14.8. The Labute approximate surface area is 155 Å². The lowest BCUT2D eigenvalue weighted by Crippen LogP contribution is -2.42. The Kier molecular flexibility index (Phi) is 8.75. The number of hydrogen-bond acceptors (Lipinski definition) is 3. The molecule has 0 radical (unpaired) electrons. The van der Waals surface area contributed by atoms with E-state index in [2.05, 4.69) is 10.6 Å². The number of nitrogens with two attached hydrogens (primary N) is 1. The fourth-order valence-electron chi connectivity index (χ4n) is 1.77. The van der Waals surface area contributed by atoms with E-state index in [1.165, 1.54) is 0 Å². The first-order valence-electron chi connectivity index (χ1n) is 7.76. The maximum Gasteiger partial charge on any atom is 0.253 e. The quantitative estimate of drug-likeness (QED) is 0.709. The van der Waals surface area contributed by atoms with Gasteiger partial charge in [-0.2, -0.15) is 0 Å². The average Bonchev–Trinajstić information content (AvgIpc) is 2.45. The molecule has 4 N–H and O–H groups in total. The van der Waals surface area contributed by atoms with Crippen molar-refractivity contribution in [1.82, 2.24) is 5.32 Å². The van der Waals surface area contributed by atoms with Crippen LogP contribution in [0.15, 0.2) is 18.2 Å². The SMILES string of the molecule is CCC(C)(C)NC(=O)c1ccc(NC(=O)[C@@H](N)C(C)C)cc1Cl.Cl. The molecule has 1 aromatic rings. The van der Waals surface area contributed by atoms with E-state index in [0.29, 0.717) is 11.3 Å². The molecule has 0 heterocycles. The predicted molar refractivity (Wildman–Crippen MR) is 102 cm³/mol. The first-order chi connectivity index (χ1) is 10.6. The van der Waals surface area contributed by atoms with Gasteiger partial charge in [0.25, 0.3) is 5.91 Å². The van der Waals surface area contributed by atoms with Crippen molar-refractivity contribution in [2.75, 3.05) is 5.32 Å². The highest BCUT2D eigenvalue weighted by molar-refractivity contribution is 6.34. The van der Waals surface area contributed by atoms with Crippen molar-refractivity contribution in [2.45, 2.75) is 52.6 Å². The van der Waals surface area contributed by atoms with E-state index in [1.807, 2.05) is 34.6 Å². The van der Waals surface area contributed by atoms with Gasteiger partial charge in [0.1, 0.15) is 0 Å². The second-order valence-corrected chi connectivity index (χ2v) is 7.05.